The number of hydrogen-bond donors (Lipinski definition) is 1. The van der Waals surface area contributed by atoms with Gasteiger partial charge in [0.25, 0.3) is 0 Å². The van der Waals surface area contributed by atoms with Crippen molar-refractivity contribution >= 4 is 15.7 Å². The lowest BCUT2D eigenvalue weighted by atomic mass is 10.0. The Morgan fingerprint density at radius 2 is 2.08 bits per heavy atom. The largest absolute Gasteiger partial charge is 0.362 e. The molecule has 0 fully saturated rings. The highest BCUT2D eigenvalue weighted by Crippen LogP contribution is 2.35. The number of pyridine rings is 1. The average Bonchev–Trinajstić information content (AvgIpc) is 2.96. The summed E-state index contributed by atoms with van der Waals surface area (Å²) in [6, 6.07) is 10.5. The summed E-state index contributed by atoms with van der Waals surface area (Å²) in [6.45, 7) is 2.08. The number of aryl methyl sites for hydroxylation is 3. The molecule has 1 aliphatic carbocycles. The lowest BCUT2D eigenvalue weighted by Gasteiger charge is -2.20. The van der Waals surface area contributed by atoms with E-state index in [1.807, 2.05) is 0 Å². The number of anilines is 1. The molecule has 1 aromatic carbocycles. The van der Waals surface area contributed by atoms with E-state index in [4.69, 9.17) is 0 Å². The van der Waals surface area contributed by atoms with Crippen molar-refractivity contribution in [1.29, 1.82) is 5.26 Å². The van der Waals surface area contributed by atoms with Crippen LogP contribution in [-0.4, -0.2) is 19.2 Å². The molecule has 1 atom stereocenters. The van der Waals surface area contributed by atoms with Gasteiger partial charge in [0.1, 0.15) is 11.9 Å². The third-order valence-electron chi connectivity index (χ3n) is 5.03. The maximum absolute atomic E-state index is 11.8. The minimum atomic E-state index is -3.07. The maximum Gasteiger partial charge on any atom is 0.154 e. The molecule has 1 unspecified atom stereocenters. The monoisotopic (exact) mass is 353 g/mol. The van der Waals surface area contributed by atoms with Crippen LogP contribution in [0.25, 0.3) is 0 Å². The Morgan fingerprint density at radius 1 is 1.24 bits per heavy atom. The molecule has 0 spiro atoms. The minimum absolute atomic E-state index is 0.0181. The zero-order chi connectivity index (χ0) is 17.6. The van der Waals surface area contributed by atoms with E-state index in [0.29, 0.717) is 23.4 Å². The number of nitrogens with one attached hydrogen (secondary N) is 1. The SMILES string of the molecule is Cc1ccc2c(c1)C(Nc1nc3c(cc1C#N)CS(=O)(=O)CC3)CC2. The number of nitriles is 1. The molecule has 2 heterocycles. The van der Waals surface area contributed by atoms with Gasteiger partial charge in [-0.05, 0) is 42.5 Å². The van der Waals surface area contributed by atoms with Gasteiger partial charge in [-0.3, -0.25) is 0 Å². The summed E-state index contributed by atoms with van der Waals surface area (Å²) in [5, 5.41) is 12.9. The van der Waals surface area contributed by atoms with Crippen molar-refractivity contribution in [3.8, 4) is 6.07 Å². The Bertz CT molecular complexity index is 1010. The fraction of sp³-hybridized carbons (Fsp3) is 0.368. The van der Waals surface area contributed by atoms with Crippen molar-refractivity contribution in [1.82, 2.24) is 4.98 Å². The van der Waals surface area contributed by atoms with Crippen LogP contribution in [0, 0.1) is 18.3 Å². The maximum atomic E-state index is 11.8. The molecule has 1 aliphatic heterocycles. The van der Waals surface area contributed by atoms with Crippen LogP contribution < -0.4 is 5.32 Å². The molecule has 1 N–H and O–H groups in total. The summed E-state index contributed by atoms with van der Waals surface area (Å²) in [5.74, 6) is 0.680. The normalized spacial score (nSPS) is 20.4. The van der Waals surface area contributed by atoms with Crippen molar-refractivity contribution in [3.05, 3.63) is 57.8 Å². The fourth-order valence-corrected chi connectivity index (χ4v) is 5.10. The van der Waals surface area contributed by atoms with Gasteiger partial charge in [-0.25, -0.2) is 13.4 Å². The molecule has 0 radical (unpaired) electrons. The number of rotatable bonds is 2. The predicted octanol–water partition coefficient (Wildman–Crippen LogP) is 2.83. The van der Waals surface area contributed by atoms with Crippen LogP contribution in [0.4, 0.5) is 5.82 Å². The molecule has 2 aliphatic rings. The second-order valence-corrected chi connectivity index (χ2v) is 9.07. The Labute approximate surface area is 147 Å². The Kier molecular flexibility index (Phi) is 3.77. The quantitative estimate of drug-likeness (QED) is 0.898. The van der Waals surface area contributed by atoms with E-state index in [2.05, 4.69) is 41.5 Å². The number of sulfone groups is 1. The van der Waals surface area contributed by atoms with Crippen LogP contribution in [0.2, 0.25) is 0 Å². The molecule has 0 saturated heterocycles. The van der Waals surface area contributed by atoms with E-state index >= 15 is 0 Å². The summed E-state index contributed by atoms with van der Waals surface area (Å²) < 4.78 is 23.6. The van der Waals surface area contributed by atoms with E-state index in [0.717, 1.165) is 18.5 Å². The number of fused-ring (bicyclic) bond motifs is 2. The Morgan fingerprint density at radius 3 is 2.88 bits per heavy atom. The summed E-state index contributed by atoms with van der Waals surface area (Å²) in [6.07, 6.45) is 2.40. The van der Waals surface area contributed by atoms with Gasteiger partial charge in [0.15, 0.2) is 9.84 Å². The van der Waals surface area contributed by atoms with Crippen LogP contribution in [-0.2, 0) is 28.4 Å². The van der Waals surface area contributed by atoms with Crippen LogP contribution in [0.5, 0.6) is 0 Å². The minimum Gasteiger partial charge on any atom is -0.362 e. The van der Waals surface area contributed by atoms with Crippen LogP contribution in [0.15, 0.2) is 24.3 Å². The van der Waals surface area contributed by atoms with Crippen molar-refractivity contribution in [3.63, 3.8) is 0 Å². The predicted molar refractivity (Wildman–Crippen MR) is 96.0 cm³/mol. The van der Waals surface area contributed by atoms with Crippen LogP contribution in [0.3, 0.4) is 0 Å². The van der Waals surface area contributed by atoms with Gasteiger partial charge in [0, 0.05) is 12.1 Å². The van der Waals surface area contributed by atoms with Gasteiger partial charge in [-0.2, -0.15) is 5.26 Å². The molecular formula is C19H19N3O2S. The number of aromatic nitrogens is 1. The van der Waals surface area contributed by atoms with E-state index in [1.165, 1.54) is 16.7 Å². The van der Waals surface area contributed by atoms with E-state index in [1.54, 1.807) is 6.07 Å². The molecule has 1 aromatic heterocycles. The Hall–Kier alpha value is -2.39. The third kappa shape index (κ3) is 3.00. The molecule has 4 rings (SSSR count). The van der Waals surface area contributed by atoms with Crippen LogP contribution >= 0.6 is 0 Å². The molecule has 0 saturated carbocycles. The molecular weight excluding hydrogens is 334 g/mol. The van der Waals surface area contributed by atoms with Crippen molar-refractivity contribution in [2.24, 2.45) is 0 Å². The van der Waals surface area contributed by atoms with Gasteiger partial charge in [0.2, 0.25) is 0 Å². The van der Waals surface area contributed by atoms with Gasteiger partial charge in [0.05, 0.1) is 23.1 Å². The molecule has 25 heavy (non-hydrogen) atoms. The molecule has 2 aromatic rings. The molecule has 0 bridgehead atoms. The van der Waals surface area contributed by atoms with Crippen molar-refractivity contribution < 1.29 is 8.42 Å². The standard InChI is InChI=1S/C19H19N3O2S/c1-12-2-3-13-4-5-18(16(13)8-12)22-19-14(10-20)9-15-11-25(23,24)7-6-17(15)21-19/h2-3,8-9,18H,4-7,11H2,1H3,(H,21,22). The van der Waals surface area contributed by atoms with Gasteiger partial charge in [-0.15, -0.1) is 0 Å². The lowest BCUT2D eigenvalue weighted by molar-refractivity contribution is 0.590. The summed E-state index contributed by atoms with van der Waals surface area (Å²) >= 11 is 0. The summed E-state index contributed by atoms with van der Waals surface area (Å²) in [4.78, 5) is 4.61. The fourth-order valence-electron chi connectivity index (χ4n) is 3.73. The second kappa shape index (κ2) is 5.85. The van der Waals surface area contributed by atoms with E-state index in [-0.39, 0.29) is 17.5 Å². The highest BCUT2D eigenvalue weighted by molar-refractivity contribution is 7.90. The molecule has 128 valence electrons. The average molecular weight is 353 g/mol. The van der Waals surface area contributed by atoms with Gasteiger partial charge >= 0.3 is 0 Å². The first-order valence-electron chi connectivity index (χ1n) is 8.44. The number of nitrogens with zero attached hydrogens (tertiary/aromatic N) is 2. The van der Waals surface area contributed by atoms with Crippen molar-refractivity contribution in [2.75, 3.05) is 11.1 Å². The number of benzene rings is 1. The highest BCUT2D eigenvalue weighted by Gasteiger charge is 2.27. The van der Waals surface area contributed by atoms with E-state index in [9.17, 15) is 13.7 Å². The topological polar surface area (TPSA) is 82.8 Å². The lowest BCUT2D eigenvalue weighted by Crippen LogP contribution is -2.21. The first kappa shape index (κ1) is 16.1. The molecule has 6 heteroatoms. The van der Waals surface area contributed by atoms with Crippen LogP contribution in [0.1, 0.15) is 46.0 Å². The third-order valence-corrected chi connectivity index (χ3v) is 6.60. The number of hydrogen-bond acceptors (Lipinski definition) is 5. The van der Waals surface area contributed by atoms with E-state index < -0.39 is 9.84 Å². The first-order chi connectivity index (χ1) is 11.9. The second-order valence-electron chi connectivity index (χ2n) is 6.88. The molecule has 5 nitrogen and oxygen atoms in total. The Balaban J connectivity index is 1.69. The zero-order valence-corrected chi connectivity index (χ0v) is 14.9. The summed E-state index contributed by atoms with van der Waals surface area (Å²) in [5.41, 5.74) is 5.69. The van der Waals surface area contributed by atoms with Gasteiger partial charge in [-0.1, -0.05) is 23.8 Å². The summed E-state index contributed by atoms with van der Waals surface area (Å²) in [7, 11) is -3.07. The molecule has 0 amide bonds. The zero-order valence-electron chi connectivity index (χ0n) is 14.0. The van der Waals surface area contributed by atoms with Gasteiger partial charge < -0.3 is 5.32 Å². The first-order valence-corrected chi connectivity index (χ1v) is 10.3. The smallest absolute Gasteiger partial charge is 0.154 e. The van der Waals surface area contributed by atoms with Crippen molar-refractivity contribution in [2.45, 2.75) is 38.0 Å². The highest BCUT2D eigenvalue weighted by atomic mass is 32.2.